The van der Waals surface area contributed by atoms with E-state index in [9.17, 15) is 9.59 Å². The number of rotatable bonds is 7. The second-order valence-corrected chi connectivity index (χ2v) is 7.72. The second kappa shape index (κ2) is 9.85. The molecule has 0 radical (unpaired) electrons. The van der Waals surface area contributed by atoms with Crippen LogP contribution in [0.4, 0.5) is 0 Å². The predicted octanol–water partition coefficient (Wildman–Crippen LogP) is 5.09. The Labute approximate surface area is 175 Å². The molecular weight excluding hydrogens is 380 g/mol. The maximum absolute atomic E-state index is 13.0. The van der Waals surface area contributed by atoms with E-state index in [2.05, 4.69) is 10.6 Å². The Bertz CT molecular complexity index is 977. The minimum atomic E-state index is -0.311. The van der Waals surface area contributed by atoms with Crippen molar-refractivity contribution in [1.82, 2.24) is 10.6 Å². The molecule has 2 aromatic carbocycles. The van der Waals surface area contributed by atoms with Crippen LogP contribution in [0.5, 0.6) is 0 Å². The number of thiophene rings is 1. The van der Waals surface area contributed by atoms with Gasteiger partial charge in [0.05, 0.1) is 6.04 Å². The number of carbonyl (C=O) groups is 2. The molecule has 0 saturated carbocycles. The molecule has 0 aliphatic rings. The fourth-order valence-corrected chi connectivity index (χ4v) is 3.57. The second-order valence-electron chi connectivity index (χ2n) is 6.74. The molecular formula is C24H24N2O2S. The molecule has 29 heavy (non-hydrogen) atoms. The van der Waals surface area contributed by atoms with Gasteiger partial charge in [0.15, 0.2) is 0 Å². The van der Waals surface area contributed by atoms with Crippen LogP contribution in [0, 0.1) is 6.92 Å². The number of hydrogen-bond donors (Lipinski definition) is 2. The van der Waals surface area contributed by atoms with E-state index in [1.54, 1.807) is 18.2 Å². The lowest BCUT2D eigenvalue weighted by Crippen LogP contribution is -2.36. The Morgan fingerprint density at radius 3 is 2.34 bits per heavy atom. The lowest BCUT2D eigenvalue weighted by Gasteiger charge is -2.19. The molecule has 1 aromatic heterocycles. The predicted molar refractivity (Wildman–Crippen MR) is 119 cm³/mol. The van der Waals surface area contributed by atoms with Crippen molar-refractivity contribution in [2.24, 2.45) is 0 Å². The number of hydrogen-bond acceptors (Lipinski definition) is 3. The Kier molecular flexibility index (Phi) is 6.98. The molecule has 1 atom stereocenters. The normalized spacial score (nSPS) is 12.3. The van der Waals surface area contributed by atoms with Gasteiger partial charge < -0.3 is 10.6 Å². The Morgan fingerprint density at radius 2 is 1.72 bits per heavy atom. The van der Waals surface area contributed by atoms with Crippen LogP contribution in [-0.2, 0) is 4.79 Å². The number of carbonyl (C=O) groups excluding carboxylic acids is 2. The number of aryl methyl sites for hydroxylation is 1. The lowest BCUT2D eigenvalue weighted by atomic mass is 10.0. The molecule has 5 heteroatoms. The summed E-state index contributed by atoms with van der Waals surface area (Å²) in [7, 11) is 0. The van der Waals surface area contributed by atoms with Gasteiger partial charge in [0.2, 0.25) is 0 Å². The van der Waals surface area contributed by atoms with Crippen LogP contribution in [0.1, 0.15) is 45.7 Å². The van der Waals surface area contributed by atoms with Gasteiger partial charge in [0.1, 0.15) is 5.70 Å². The van der Waals surface area contributed by atoms with Crippen molar-refractivity contribution in [3.05, 3.63) is 99.4 Å². The van der Waals surface area contributed by atoms with Gasteiger partial charge in [-0.15, -0.1) is 11.3 Å². The van der Waals surface area contributed by atoms with Crippen molar-refractivity contribution in [3.63, 3.8) is 0 Å². The summed E-state index contributed by atoms with van der Waals surface area (Å²) >= 11 is 1.51. The quantitative estimate of drug-likeness (QED) is 0.539. The third-order valence-electron chi connectivity index (χ3n) is 4.55. The molecule has 0 saturated heterocycles. The summed E-state index contributed by atoms with van der Waals surface area (Å²) in [5, 5.41) is 7.77. The molecule has 2 amide bonds. The minimum absolute atomic E-state index is 0.133. The van der Waals surface area contributed by atoms with Gasteiger partial charge in [-0.05, 0) is 48.6 Å². The molecule has 0 aliphatic carbocycles. The summed E-state index contributed by atoms with van der Waals surface area (Å²) in [5.41, 5.74) is 2.84. The van der Waals surface area contributed by atoms with E-state index in [4.69, 9.17) is 0 Å². The van der Waals surface area contributed by atoms with Crippen LogP contribution in [0.3, 0.4) is 0 Å². The van der Waals surface area contributed by atoms with Gasteiger partial charge in [0, 0.05) is 10.4 Å². The van der Waals surface area contributed by atoms with Gasteiger partial charge >= 0.3 is 0 Å². The molecule has 0 spiro atoms. The highest BCUT2D eigenvalue weighted by molar-refractivity contribution is 7.10. The van der Waals surface area contributed by atoms with Crippen LogP contribution in [0.25, 0.3) is 6.08 Å². The highest BCUT2D eigenvalue weighted by Gasteiger charge is 2.19. The fraction of sp³-hybridized carbons (Fsp3) is 0.167. The molecule has 0 aliphatic heterocycles. The third-order valence-corrected chi connectivity index (χ3v) is 5.37. The van der Waals surface area contributed by atoms with Crippen LogP contribution < -0.4 is 10.6 Å². The van der Waals surface area contributed by atoms with Gasteiger partial charge in [-0.25, -0.2) is 0 Å². The van der Waals surface area contributed by atoms with E-state index >= 15 is 0 Å². The minimum Gasteiger partial charge on any atom is -0.344 e. The molecule has 148 valence electrons. The average molecular weight is 405 g/mol. The average Bonchev–Trinajstić information content (AvgIpc) is 3.25. The molecule has 0 unspecified atom stereocenters. The number of amides is 2. The van der Waals surface area contributed by atoms with Crippen LogP contribution in [0.15, 0.2) is 77.8 Å². The number of nitrogens with one attached hydrogen (secondary N) is 2. The standard InChI is InChI=1S/C24H24N2O2S/c1-3-21(18-8-5-4-6-9-18)25-24(28)22(16-20-10-7-15-29-20)26-23(27)19-13-11-17(2)12-14-19/h4-16,21H,3H2,1-2H3,(H,25,28)(H,26,27)/b22-16-/t21-/m0/s1. The summed E-state index contributed by atoms with van der Waals surface area (Å²) in [6.45, 7) is 3.98. The van der Waals surface area contributed by atoms with Crippen LogP contribution >= 0.6 is 11.3 Å². The molecule has 0 fully saturated rings. The van der Waals surface area contributed by atoms with E-state index in [1.165, 1.54) is 11.3 Å². The van der Waals surface area contributed by atoms with Crippen molar-refractivity contribution in [2.75, 3.05) is 0 Å². The summed E-state index contributed by atoms with van der Waals surface area (Å²) in [5.74, 6) is -0.620. The van der Waals surface area contributed by atoms with Crippen LogP contribution in [-0.4, -0.2) is 11.8 Å². The first-order valence-corrected chi connectivity index (χ1v) is 10.4. The molecule has 0 bridgehead atoms. The van der Waals surface area contributed by atoms with Gasteiger partial charge in [-0.2, -0.15) is 0 Å². The fourth-order valence-electron chi connectivity index (χ4n) is 2.92. The highest BCUT2D eigenvalue weighted by Crippen LogP contribution is 2.18. The van der Waals surface area contributed by atoms with E-state index in [0.717, 1.165) is 22.4 Å². The van der Waals surface area contributed by atoms with E-state index in [0.29, 0.717) is 5.56 Å². The topological polar surface area (TPSA) is 58.2 Å². The first-order valence-electron chi connectivity index (χ1n) is 9.56. The maximum Gasteiger partial charge on any atom is 0.268 e. The third kappa shape index (κ3) is 5.65. The highest BCUT2D eigenvalue weighted by atomic mass is 32.1. The largest absolute Gasteiger partial charge is 0.344 e. The first kappa shape index (κ1) is 20.6. The zero-order chi connectivity index (χ0) is 20.6. The Hall–Kier alpha value is -3.18. The van der Waals surface area contributed by atoms with Crippen molar-refractivity contribution < 1.29 is 9.59 Å². The Morgan fingerprint density at radius 1 is 1.00 bits per heavy atom. The van der Waals surface area contributed by atoms with Crippen molar-refractivity contribution in [3.8, 4) is 0 Å². The monoisotopic (exact) mass is 404 g/mol. The number of benzene rings is 2. The summed E-state index contributed by atoms with van der Waals surface area (Å²) < 4.78 is 0. The molecule has 3 aromatic rings. The lowest BCUT2D eigenvalue weighted by molar-refractivity contribution is -0.118. The SMILES string of the molecule is CC[C@H](NC(=O)/C(=C/c1cccs1)NC(=O)c1ccc(C)cc1)c1ccccc1. The zero-order valence-corrected chi connectivity index (χ0v) is 17.3. The van der Waals surface area contributed by atoms with Gasteiger partial charge in [0.25, 0.3) is 11.8 Å². The summed E-state index contributed by atoms with van der Waals surface area (Å²) in [4.78, 5) is 26.6. The van der Waals surface area contributed by atoms with E-state index < -0.39 is 0 Å². The first-order chi connectivity index (χ1) is 14.1. The van der Waals surface area contributed by atoms with E-state index in [-0.39, 0.29) is 23.6 Å². The van der Waals surface area contributed by atoms with Crippen molar-refractivity contribution in [2.45, 2.75) is 26.3 Å². The van der Waals surface area contributed by atoms with Gasteiger partial charge in [-0.3, -0.25) is 9.59 Å². The van der Waals surface area contributed by atoms with Gasteiger partial charge in [-0.1, -0.05) is 61.0 Å². The molecule has 3 rings (SSSR count). The zero-order valence-electron chi connectivity index (χ0n) is 16.5. The van der Waals surface area contributed by atoms with Crippen molar-refractivity contribution in [1.29, 1.82) is 0 Å². The van der Waals surface area contributed by atoms with Crippen molar-refractivity contribution >= 4 is 29.2 Å². The smallest absolute Gasteiger partial charge is 0.268 e. The molecule has 2 N–H and O–H groups in total. The van der Waals surface area contributed by atoms with Crippen LogP contribution in [0.2, 0.25) is 0 Å². The Balaban J connectivity index is 1.82. The van der Waals surface area contributed by atoms with E-state index in [1.807, 2.05) is 73.8 Å². The molecule has 4 nitrogen and oxygen atoms in total. The summed E-state index contributed by atoms with van der Waals surface area (Å²) in [6, 6.07) is 20.8. The molecule has 1 heterocycles. The summed E-state index contributed by atoms with van der Waals surface area (Å²) in [6.07, 6.45) is 2.46. The maximum atomic E-state index is 13.0.